The van der Waals surface area contributed by atoms with Crippen molar-refractivity contribution in [2.75, 3.05) is 18.0 Å². The maximum atomic E-state index is 12.9. The van der Waals surface area contributed by atoms with Gasteiger partial charge in [-0.05, 0) is 68.0 Å². The average Bonchev–Trinajstić information content (AvgIpc) is 2.87. The molecule has 180 valence electrons. The number of nitrogens with one attached hydrogen (secondary N) is 2. The van der Waals surface area contributed by atoms with Crippen LogP contribution < -0.4 is 15.6 Å². The molecule has 0 aromatic heterocycles. The summed E-state index contributed by atoms with van der Waals surface area (Å²) in [6.45, 7) is 5.95. The van der Waals surface area contributed by atoms with Gasteiger partial charge in [0.15, 0.2) is 0 Å². The minimum absolute atomic E-state index is 0.0210. The molecule has 0 bridgehead atoms. The van der Waals surface area contributed by atoms with E-state index < -0.39 is 11.8 Å². The van der Waals surface area contributed by atoms with Crippen molar-refractivity contribution in [3.63, 3.8) is 0 Å². The number of nitrogens with zero attached hydrogens (tertiary/aromatic N) is 2. The number of halogens is 1. The maximum Gasteiger partial charge on any atom is 0.287 e. The van der Waals surface area contributed by atoms with Crippen LogP contribution in [0, 0.1) is 0 Å². The third kappa shape index (κ3) is 7.28. The average molecular weight is 535 g/mol. The van der Waals surface area contributed by atoms with Crippen LogP contribution in [0.25, 0.3) is 6.08 Å². The van der Waals surface area contributed by atoms with Crippen LogP contribution in [-0.2, 0) is 4.79 Å². The Bertz CT molecular complexity index is 1220. The van der Waals surface area contributed by atoms with Gasteiger partial charge in [0, 0.05) is 34.4 Å². The first-order chi connectivity index (χ1) is 16.9. The molecule has 0 atom stereocenters. The van der Waals surface area contributed by atoms with E-state index in [9.17, 15) is 14.7 Å². The number of hydrazone groups is 1. The molecule has 0 aliphatic rings. The maximum absolute atomic E-state index is 12.9. The second-order valence-corrected chi connectivity index (χ2v) is 8.46. The number of carbonyl (C=O) groups is 2. The molecular weight excluding hydrogens is 508 g/mol. The molecule has 2 amide bonds. The van der Waals surface area contributed by atoms with Gasteiger partial charge in [0.05, 0.1) is 6.21 Å². The number of phenolic OH excluding ortho intramolecular Hbond substituents is 1. The summed E-state index contributed by atoms with van der Waals surface area (Å²) in [5, 5.41) is 16.6. The zero-order valence-electron chi connectivity index (χ0n) is 19.5. The van der Waals surface area contributed by atoms with Crippen molar-refractivity contribution < 1.29 is 14.7 Å². The highest BCUT2D eigenvalue weighted by atomic mass is 79.9. The van der Waals surface area contributed by atoms with E-state index in [4.69, 9.17) is 0 Å². The van der Waals surface area contributed by atoms with E-state index in [2.05, 4.69) is 50.5 Å². The number of amides is 2. The van der Waals surface area contributed by atoms with Gasteiger partial charge in [-0.1, -0.05) is 46.3 Å². The van der Waals surface area contributed by atoms with E-state index >= 15 is 0 Å². The van der Waals surface area contributed by atoms with Gasteiger partial charge in [-0.2, -0.15) is 5.10 Å². The molecule has 0 fully saturated rings. The van der Waals surface area contributed by atoms with Crippen molar-refractivity contribution in [3.05, 3.63) is 99.7 Å². The fraction of sp³-hybridized carbons (Fsp3) is 0.148. The van der Waals surface area contributed by atoms with Crippen LogP contribution in [0.15, 0.2) is 88.1 Å². The van der Waals surface area contributed by atoms with Crippen molar-refractivity contribution in [1.82, 2.24) is 10.7 Å². The van der Waals surface area contributed by atoms with Crippen molar-refractivity contribution >= 4 is 45.7 Å². The summed E-state index contributed by atoms with van der Waals surface area (Å²) >= 11 is 3.33. The van der Waals surface area contributed by atoms with E-state index in [1.807, 2.05) is 30.3 Å². The molecule has 3 rings (SSSR count). The predicted octanol–water partition coefficient (Wildman–Crippen LogP) is 4.92. The Hall–Kier alpha value is -3.91. The fourth-order valence-corrected chi connectivity index (χ4v) is 3.71. The number of hydrogen-bond donors (Lipinski definition) is 3. The smallest absolute Gasteiger partial charge is 0.287 e. The molecular formula is C27H27BrN4O3. The molecule has 0 aliphatic carbocycles. The highest BCUT2D eigenvalue weighted by Gasteiger charge is 2.14. The summed E-state index contributed by atoms with van der Waals surface area (Å²) in [6, 6.07) is 21.2. The van der Waals surface area contributed by atoms with Gasteiger partial charge in [-0.15, -0.1) is 0 Å². The number of anilines is 1. The summed E-state index contributed by atoms with van der Waals surface area (Å²) in [6.07, 6.45) is 2.92. The Balaban J connectivity index is 1.84. The Kier molecular flexibility index (Phi) is 9.20. The van der Waals surface area contributed by atoms with Crippen LogP contribution in [-0.4, -0.2) is 36.2 Å². The van der Waals surface area contributed by atoms with Crippen molar-refractivity contribution in [2.24, 2.45) is 5.10 Å². The Morgan fingerprint density at radius 3 is 2.34 bits per heavy atom. The van der Waals surface area contributed by atoms with E-state index in [1.165, 1.54) is 12.3 Å². The quantitative estimate of drug-likeness (QED) is 0.206. The summed E-state index contributed by atoms with van der Waals surface area (Å²) < 4.78 is 0.756. The van der Waals surface area contributed by atoms with Crippen molar-refractivity contribution in [2.45, 2.75) is 13.8 Å². The lowest BCUT2D eigenvalue weighted by Gasteiger charge is -2.20. The number of benzene rings is 3. The van der Waals surface area contributed by atoms with Crippen molar-refractivity contribution in [3.8, 4) is 5.75 Å². The van der Waals surface area contributed by atoms with Gasteiger partial charge < -0.3 is 15.3 Å². The summed E-state index contributed by atoms with van der Waals surface area (Å²) in [5.41, 5.74) is 5.11. The van der Waals surface area contributed by atoms with E-state index in [0.717, 1.165) is 28.8 Å². The molecule has 35 heavy (non-hydrogen) atoms. The van der Waals surface area contributed by atoms with Gasteiger partial charge >= 0.3 is 0 Å². The number of rotatable bonds is 9. The van der Waals surface area contributed by atoms with Crippen LogP contribution >= 0.6 is 15.9 Å². The molecule has 0 saturated heterocycles. The number of phenols is 1. The first-order valence-corrected chi connectivity index (χ1v) is 12.0. The van der Waals surface area contributed by atoms with Gasteiger partial charge in [0.2, 0.25) is 0 Å². The summed E-state index contributed by atoms with van der Waals surface area (Å²) in [5.74, 6) is -0.999. The van der Waals surface area contributed by atoms with E-state index in [-0.39, 0.29) is 11.4 Å². The molecule has 0 spiro atoms. The summed E-state index contributed by atoms with van der Waals surface area (Å²) in [4.78, 5) is 27.9. The van der Waals surface area contributed by atoms with E-state index in [1.54, 1.807) is 42.5 Å². The molecule has 3 aromatic rings. The van der Waals surface area contributed by atoms with Crippen LogP contribution in [0.2, 0.25) is 0 Å². The van der Waals surface area contributed by atoms with Gasteiger partial charge in [-0.25, -0.2) is 5.43 Å². The lowest BCUT2D eigenvalue weighted by molar-refractivity contribution is -0.117. The Morgan fingerprint density at radius 2 is 1.69 bits per heavy atom. The molecule has 0 aliphatic heterocycles. The number of carbonyl (C=O) groups excluding carboxylic acids is 2. The third-order valence-electron chi connectivity index (χ3n) is 5.22. The molecule has 0 heterocycles. The minimum Gasteiger partial charge on any atom is -0.507 e. The first kappa shape index (κ1) is 25.7. The second kappa shape index (κ2) is 12.5. The lowest BCUT2D eigenvalue weighted by Crippen LogP contribution is -2.32. The molecule has 0 radical (unpaired) electrons. The largest absolute Gasteiger partial charge is 0.507 e. The standard InChI is InChI=1S/C27H27BrN4O3/c1-3-32(4-2)23-13-10-19(11-14-23)16-24(30-26(34)20-8-6-5-7-9-20)27(35)31-29-18-21-17-22(28)12-15-25(21)33/h5-18,33H,3-4H2,1-2H3,(H,30,34)(H,31,35)/b24-16+,29-18?. The van der Waals surface area contributed by atoms with Crippen LogP contribution in [0.4, 0.5) is 5.69 Å². The third-order valence-corrected chi connectivity index (χ3v) is 5.71. The summed E-state index contributed by atoms with van der Waals surface area (Å²) in [7, 11) is 0. The van der Waals surface area contributed by atoms with Crippen molar-refractivity contribution in [1.29, 1.82) is 0 Å². The lowest BCUT2D eigenvalue weighted by atomic mass is 10.1. The molecule has 3 aromatic carbocycles. The molecule has 8 heteroatoms. The minimum atomic E-state index is -0.604. The van der Waals surface area contributed by atoms with Crippen LogP contribution in [0.3, 0.4) is 0 Å². The molecule has 3 N–H and O–H groups in total. The Morgan fingerprint density at radius 1 is 1.00 bits per heavy atom. The highest BCUT2D eigenvalue weighted by molar-refractivity contribution is 9.10. The van der Waals surface area contributed by atoms with E-state index in [0.29, 0.717) is 11.1 Å². The highest BCUT2D eigenvalue weighted by Crippen LogP contribution is 2.20. The molecule has 0 unspecified atom stereocenters. The predicted molar refractivity (Wildman–Crippen MR) is 143 cm³/mol. The van der Waals surface area contributed by atoms with Crippen LogP contribution in [0.5, 0.6) is 5.75 Å². The zero-order chi connectivity index (χ0) is 25.2. The monoisotopic (exact) mass is 534 g/mol. The molecule has 0 saturated carbocycles. The Labute approximate surface area is 213 Å². The SMILES string of the molecule is CCN(CC)c1ccc(/C=C(/NC(=O)c2ccccc2)C(=O)NN=Cc2cc(Br)ccc2O)cc1. The molecule has 7 nitrogen and oxygen atoms in total. The normalized spacial score (nSPS) is 11.3. The first-order valence-electron chi connectivity index (χ1n) is 11.2. The number of hydrogen-bond acceptors (Lipinski definition) is 5. The van der Waals surface area contributed by atoms with Gasteiger partial charge in [-0.3, -0.25) is 9.59 Å². The fourth-order valence-electron chi connectivity index (χ4n) is 3.33. The zero-order valence-corrected chi connectivity index (χ0v) is 21.1. The van der Waals surface area contributed by atoms with Gasteiger partial charge in [0.25, 0.3) is 11.8 Å². The van der Waals surface area contributed by atoms with Gasteiger partial charge in [0.1, 0.15) is 11.4 Å². The number of aromatic hydroxyl groups is 1. The topological polar surface area (TPSA) is 94.0 Å². The second-order valence-electron chi connectivity index (χ2n) is 7.54. The van der Waals surface area contributed by atoms with Crippen LogP contribution in [0.1, 0.15) is 35.3 Å².